The summed E-state index contributed by atoms with van der Waals surface area (Å²) in [5.74, 6) is -0.598. The summed E-state index contributed by atoms with van der Waals surface area (Å²) in [7, 11) is -9.91. The average molecular weight is 1380 g/mol. The summed E-state index contributed by atoms with van der Waals surface area (Å²) >= 11 is 0. The Bertz CT molecular complexity index is 1820. The Hall–Kier alpha value is -1.94. The molecule has 558 valence electrons. The molecule has 3 unspecified atom stereocenters. The molecule has 0 aromatic rings. The van der Waals surface area contributed by atoms with E-state index >= 15 is 0 Å². The van der Waals surface area contributed by atoms with Crippen LogP contribution in [0, 0.1) is 11.8 Å². The largest absolute Gasteiger partial charge is 0.472 e. The lowest BCUT2D eigenvalue weighted by molar-refractivity contribution is -0.161. The van der Waals surface area contributed by atoms with E-state index in [2.05, 4.69) is 41.5 Å². The van der Waals surface area contributed by atoms with Gasteiger partial charge in [0.25, 0.3) is 0 Å². The Kier molecular flexibility index (Phi) is 65.5. The van der Waals surface area contributed by atoms with Crippen molar-refractivity contribution in [2.75, 3.05) is 39.6 Å². The van der Waals surface area contributed by atoms with Crippen molar-refractivity contribution in [3.05, 3.63) is 0 Å². The van der Waals surface area contributed by atoms with Gasteiger partial charge in [0.2, 0.25) is 0 Å². The van der Waals surface area contributed by atoms with E-state index in [0.717, 1.165) is 108 Å². The highest BCUT2D eigenvalue weighted by Crippen LogP contribution is 2.45. The second kappa shape index (κ2) is 66.9. The quantitative estimate of drug-likeness (QED) is 0.0222. The summed E-state index contributed by atoms with van der Waals surface area (Å²) in [5, 5.41) is 10.6. The Labute approximate surface area is 575 Å². The Morgan fingerprint density at radius 2 is 0.543 bits per heavy atom. The van der Waals surface area contributed by atoms with Crippen LogP contribution in [0.3, 0.4) is 0 Å². The number of esters is 4. The number of aliphatic hydroxyl groups excluding tert-OH is 1. The minimum absolute atomic E-state index is 0.107. The number of phosphoric acid groups is 2. The van der Waals surface area contributed by atoms with Crippen molar-refractivity contribution in [2.24, 2.45) is 11.8 Å². The molecule has 0 saturated heterocycles. The number of hydrogen-bond donors (Lipinski definition) is 3. The monoisotopic (exact) mass is 1380 g/mol. The molecule has 0 rings (SSSR count). The molecule has 0 aliphatic heterocycles. The molecule has 0 saturated carbocycles. The third kappa shape index (κ3) is 67.3. The molecule has 3 N–H and O–H groups in total. The minimum Gasteiger partial charge on any atom is -0.462 e. The number of carbonyl (C=O) groups excluding carboxylic acids is 4. The number of rotatable bonds is 74. The van der Waals surface area contributed by atoms with E-state index < -0.39 is 97.5 Å². The van der Waals surface area contributed by atoms with Gasteiger partial charge in [-0.25, -0.2) is 9.13 Å². The molecule has 0 aliphatic rings. The Morgan fingerprint density at radius 1 is 0.309 bits per heavy atom. The van der Waals surface area contributed by atoms with Gasteiger partial charge >= 0.3 is 39.5 Å². The molecule has 0 aromatic carbocycles. The van der Waals surface area contributed by atoms with Gasteiger partial charge in [0.15, 0.2) is 12.2 Å². The maximum atomic E-state index is 13.1. The molecule has 17 nitrogen and oxygen atoms in total. The second-order valence-corrected chi connectivity index (χ2v) is 30.7. The van der Waals surface area contributed by atoms with Crippen LogP contribution in [0.1, 0.15) is 388 Å². The number of hydrogen-bond acceptors (Lipinski definition) is 15. The second-order valence-electron chi connectivity index (χ2n) is 27.8. The van der Waals surface area contributed by atoms with Gasteiger partial charge < -0.3 is 33.8 Å². The first kappa shape index (κ1) is 92.1. The maximum absolute atomic E-state index is 13.1. The van der Waals surface area contributed by atoms with E-state index in [9.17, 15) is 43.2 Å². The molecule has 6 atom stereocenters. The van der Waals surface area contributed by atoms with Crippen LogP contribution >= 0.6 is 15.6 Å². The molecule has 19 heteroatoms. The summed E-state index contributed by atoms with van der Waals surface area (Å²) in [6, 6.07) is 0. The third-order valence-electron chi connectivity index (χ3n) is 17.8. The molecule has 0 heterocycles. The van der Waals surface area contributed by atoms with E-state index in [4.69, 9.17) is 37.0 Å². The molecule has 94 heavy (non-hydrogen) atoms. The van der Waals surface area contributed by atoms with Gasteiger partial charge in [-0.15, -0.1) is 0 Å². The van der Waals surface area contributed by atoms with Gasteiger partial charge in [-0.05, 0) is 37.5 Å². The standard InChI is InChI=1S/C75H146O17P2/c1-7-10-12-14-16-18-20-22-23-27-30-34-38-45-51-57-72(77)85-63-70(91-74(79)60-54-48-40-36-32-28-24-26-29-33-37-43-49-55-67(4)5)65-89-93(81,82)87-61-69(76)62-88-94(83,84)90-66-71(64-86-73(78)58-52-46-42-41-44-50-56-68(6)9-3)92-75(80)59-53-47-39-35-31-25-21-19-17-15-13-11-8-2/h67-71,76H,7-66H2,1-6H3,(H,81,82)(H,83,84)/t68?,69-,70-,71-/m1/s1. The van der Waals surface area contributed by atoms with Crippen LogP contribution in [0.5, 0.6) is 0 Å². The fraction of sp³-hybridized carbons (Fsp3) is 0.947. The summed E-state index contributed by atoms with van der Waals surface area (Å²) in [6.07, 6.45) is 54.0. The molecule has 0 spiro atoms. The summed E-state index contributed by atoms with van der Waals surface area (Å²) in [5.41, 5.74) is 0. The van der Waals surface area contributed by atoms with Crippen LogP contribution in [0.4, 0.5) is 0 Å². The molecule has 0 aromatic heterocycles. The smallest absolute Gasteiger partial charge is 0.462 e. The van der Waals surface area contributed by atoms with Crippen molar-refractivity contribution in [1.29, 1.82) is 0 Å². The Morgan fingerprint density at radius 3 is 0.809 bits per heavy atom. The molecule has 0 radical (unpaired) electrons. The van der Waals surface area contributed by atoms with Crippen molar-refractivity contribution in [3.8, 4) is 0 Å². The predicted octanol–water partition coefficient (Wildman–Crippen LogP) is 21.9. The summed E-state index contributed by atoms with van der Waals surface area (Å²) in [4.78, 5) is 72.8. The highest BCUT2D eigenvalue weighted by atomic mass is 31.2. The first-order valence-corrected chi connectivity index (χ1v) is 42.0. The zero-order valence-corrected chi connectivity index (χ0v) is 63.1. The van der Waals surface area contributed by atoms with Crippen molar-refractivity contribution < 1.29 is 80.2 Å². The first-order chi connectivity index (χ1) is 45.4. The zero-order chi connectivity index (χ0) is 69.3. The van der Waals surface area contributed by atoms with Crippen LogP contribution in [-0.2, 0) is 65.4 Å². The number of ether oxygens (including phenoxy) is 4. The fourth-order valence-electron chi connectivity index (χ4n) is 11.4. The summed E-state index contributed by atoms with van der Waals surface area (Å²) < 4.78 is 68.5. The van der Waals surface area contributed by atoms with Crippen molar-refractivity contribution >= 4 is 39.5 Å². The van der Waals surface area contributed by atoms with Gasteiger partial charge in [0.05, 0.1) is 26.4 Å². The number of unbranched alkanes of at least 4 members (excludes halogenated alkanes) is 43. The zero-order valence-electron chi connectivity index (χ0n) is 61.3. The molecule has 0 fully saturated rings. The van der Waals surface area contributed by atoms with Crippen LogP contribution in [-0.4, -0.2) is 96.7 Å². The number of aliphatic hydroxyl groups is 1. The van der Waals surface area contributed by atoms with Crippen LogP contribution in [0.15, 0.2) is 0 Å². The lowest BCUT2D eigenvalue weighted by Gasteiger charge is -2.21. The van der Waals surface area contributed by atoms with E-state index in [0.29, 0.717) is 25.7 Å². The summed E-state index contributed by atoms with van der Waals surface area (Å²) in [6.45, 7) is 9.57. The van der Waals surface area contributed by atoms with E-state index in [-0.39, 0.29) is 25.7 Å². The number of carbonyl (C=O) groups is 4. The minimum atomic E-state index is -4.96. The average Bonchev–Trinajstić information content (AvgIpc) is 2.20. The van der Waals surface area contributed by atoms with Crippen LogP contribution in [0.2, 0.25) is 0 Å². The topological polar surface area (TPSA) is 237 Å². The van der Waals surface area contributed by atoms with Crippen LogP contribution in [0.25, 0.3) is 0 Å². The van der Waals surface area contributed by atoms with Crippen molar-refractivity contribution in [1.82, 2.24) is 0 Å². The van der Waals surface area contributed by atoms with E-state index in [1.54, 1.807) is 0 Å². The molecule has 0 aliphatic carbocycles. The highest BCUT2D eigenvalue weighted by Gasteiger charge is 2.30. The SMILES string of the molecule is CCCCCCCCCCCCCCCCCC(=O)OC[C@H](COP(=O)(O)OC[C@@H](O)COP(=O)(O)OC[C@@H](COC(=O)CCCCCCCCC(C)CC)OC(=O)CCCCCCCCCCCCCCC)OC(=O)CCCCCCCCCCCCCCCC(C)C. The van der Waals surface area contributed by atoms with Gasteiger partial charge in [-0.1, -0.05) is 337 Å². The maximum Gasteiger partial charge on any atom is 0.472 e. The van der Waals surface area contributed by atoms with Gasteiger partial charge in [-0.3, -0.25) is 37.3 Å². The lowest BCUT2D eigenvalue weighted by Crippen LogP contribution is -2.30. The first-order valence-electron chi connectivity index (χ1n) is 39.0. The van der Waals surface area contributed by atoms with Crippen LogP contribution < -0.4 is 0 Å². The van der Waals surface area contributed by atoms with E-state index in [1.807, 2.05) is 0 Å². The lowest BCUT2D eigenvalue weighted by atomic mass is 10.00. The van der Waals surface area contributed by atoms with Gasteiger partial charge in [-0.2, -0.15) is 0 Å². The van der Waals surface area contributed by atoms with Crippen molar-refractivity contribution in [3.63, 3.8) is 0 Å². The van der Waals surface area contributed by atoms with E-state index in [1.165, 1.54) is 199 Å². The number of phosphoric ester groups is 2. The predicted molar refractivity (Wildman–Crippen MR) is 381 cm³/mol. The van der Waals surface area contributed by atoms with Crippen molar-refractivity contribution in [2.45, 2.75) is 407 Å². The third-order valence-corrected chi connectivity index (χ3v) is 19.7. The van der Waals surface area contributed by atoms with Gasteiger partial charge in [0, 0.05) is 25.7 Å². The fourth-order valence-corrected chi connectivity index (χ4v) is 13.0. The molecule has 0 bridgehead atoms. The Balaban J connectivity index is 5.25. The molecule has 0 amide bonds. The molecular weight excluding hydrogens is 1230 g/mol. The molecular formula is C75H146O17P2. The highest BCUT2D eigenvalue weighted by molar-refractivity contribution is 7.47. The van der Waals surface area contributed by atoms with Gasteiger partial charge in [0.1, 0.15) is 19.3 Å². The normalized spacial score (nSPS) is 14.3.